The lowest BCUT2D eigenvalue weighted by Gasteiger charge is -2.09. The number of halogens is 1. The Morgan fingerprint density at radius 3 is 2.82 bits per heavy atom. The van der Waals surface area contributed by atoms with Crippen molar-refractivity contribution < 1.29 is 9.53 Å². The van der Waals surface area contributed by atoms with Crippen molar-refractivity contribution in [2.45, 2.75) is 18.2 Å². The Labute approximate surface area is 115 Å². The molecule has 4 heteroatoms. The summed E-state index contributed by atoms with van der Waals surface area (Å²) < 4.78 is 6.02. The summed E-state index contributed by atoms with van der Waals surface area (Å²) in [4.78, 5) is 13.0. The molecule has 17 heavy (non-hydrogen) atoms. The molecule has 0 saturated heterocycles. The van der Waals surface area contributed by atoms with Crippen LogP contribution in [0.4, 0.5) is 0 Å². The monoisotopic (exact) mass is 316 g/mol. The number of ketones is 1. The highest BCUT2D eigenvalue weighted by atomic mass is 79.9. The summed E-state index contributed by atoms with van der Waals surface area (Å²) >= 11 is 5.05. The van der Waals surface area contributed by atoms with Crippen molar-refractivity contribution >= 4 is 33.5 Å². The van der Waals surface area contributed by atoms with Crippen LogP contribution in [0, 0.1) is 5.92 Å². The van der Waals surface area contributed by atoms with E-state index in [0.717, 1.165) is 15.8 Å². The molecule has 0 bridgehead atoms. The molecule has 0 aliphatic rings. The summed E-state index contributed by atoms with van der Waals surface area (Å²) in [6, 6.07) is 7.95. The first kappa shape index (κ1) is 14.7. The molecule has 0 radical (unpaired) electrons. The van der Waals surface area contributed by atoms with Gasteiger partial charge in [0.2, 0.25) is 0 Å². The lowest BCUT2D eigenvalue weighted by molar-refractivity contribution is -0.120. The average Bonchev–Trinajstić information content (AvgIpc) is 2.34. The molecule has 0 amide bonds. The summed E-state index contributed by atoms with van der Waals surface area (Å²) in [5.74, 6) is 0.876. The predicted molar refractivity (Wildman–Crippen MR) is 75.5 cm³/mol. The first-order valence-corrected chi connectivity index (χ1v) is 7.32. The van der Waals surface area contributed by atoms with Crippen LogP contribution in [0.2, 0.25) is 0 Å². The van der Waals surface area contributed by atoms with Crippen LogP contribution in [-0.2, 0) is 9.53 Å². The van der Waals surface area contributed by atoms with Crippen molar-refractivity contribution in [3.63, 3.8) is 0 Å². The molecule has 0 aromatic heterocycles. The second-order valence-corrected chi connectivity index (χ2v) is 5.74. The van der Waals surface area contributed by atoms with Crippen molar-refractivity contribution in [2.75, 3.05) is 19.5 Å². The fourth-order valence-corrected chi connectivity index (χ4v) is 2.90. The number of ether oxygens (including phenoxy) is 1. The van der Waals surface area contributed by atoms with E-state index in [1.54, 1.807) is 18.9 Å². The van der Waals surface area contributed by atoms with Gasteiger partial charge in [-0.3, -0.25) is 4.79 Å². The minimum atomic E-state index is 0.0740. The maximum absolute atomic E-state index is 11.8. The Hall–Kier alpha value is -0.320. The minimum Gasteiger partial charge on any atom is -0.385 e. The van der Waals surface area contributed by atoms with Crippen molar-refractivity contribution in [3.05, 3.63) is 28.7 Å². The summed E-state index contributed by atoms with van der Waals surface area (Å²) in [6.07, 6.45) is 0.797. The number of Topliss-reactive ketones (excluding diaryl/α,β-unsaturated/α-hetero) is 1. The fourth-order valence-electron chi connectivity index (χ4n) is 1.31. The van der Waals surface area contributed by atoms with Gasteiger partial charge in [-0.25, -0.2) is 0 Å². The van der Waals surface area contributed by atoms with Crippen LogP contribution in [-0.4, -0.2) is 25.3 Å². The van der Waals surface area contributed by atoms with E-state index in [2.05, 4.69) is 15.9 Å². The van der Waals surface area contributed by atoms with Crippen LogP contribution < -0.4 is 0 Å². The first-order chi connectivity index (χ1) is 8.15. The quantitative estimate of drug-likeness (QED) is 0.716. The second-order valence-electron chi connectivity index (χ2n) is 3.87. The largest absolute Gasteiger partial charge is 0.385 e. The van der Waals surface area contributed by atoms with Gasteiger partial charge in [-0.1, -0.05) is 19.1 Å². The molecule has 1 unspecified atom stereocenters. The fraction of sp³-hybridized carbons (Fsp3) is 0.462. The standard InChI is InChI=1S/C13H17BrO2S/c1-10(7-8-16-2)12(15)9-17-13-6-4-3-5-11(13)14/h3-6,10H,7-9H2,1-2H3. The summed E-state index contributed by atoms with van der Waals surface area (Å²) in [5.41, 5.74) is 0. The first-order valence-electron chi connectivity index (χ1n) is 5.54. The second kappa shape index (κ2) is 7.90. The number of carbonyl (C=O) groups is 1. The number of methoxy groups -OCH3 is 1. The van der Waals surface area contributed by atoms with E-state index in [-0.39, 0.29) is 11.7 Å². The molecule has 0 aliphatic heterocycles. The number of carbonyl (C=O) groups excluding carboxylic acids is 1. The normalized spacial score (nSPS) is 12.4. The van der Waals surface area contributed by atoms with E-state index in [0.29, 0.717) is 12.4 Å². The molecule has 2 nitrogen and oxygen atoms in total. The molecular weight excluding hydrogens is 300 g/mol. The van der Waals surface area contributed by atoms with Crippen LogP contribution in [0.3, 0.4) is 0 Å². The molecule has 0 spiro atoms. The predicted octanol–water partition coefficient (Wildman–Crippen LogP) is 3.78. The van der Waals surface area contributed by atoms with Gasteiger partial charge < -0.3 is 4.74 Å². The third-order valence-electron chi connectivity index (χ3n) is 2.51. The topological polar surface area (TPSA) is 26.3 Å². The van der Waals surface area contributed by atoms with Crippen LogP contribution in [0.1, 0.15) is 13.3 Å². The van der Waals surface area contributed by atoms with Crippen LogP contribution in [0.5, 0.6) is 0 Å². The van der Waals surface area contributed by atoms with Gasteiger partial charge in [-0.15, -0.1) is 11.8 Å². The van der Waals surface area contributed by atoms with Gasteiger partial charge in [-0.2, -0.15) is 0 Å². The Morgan fingerprint density at radius 2 is 2.18 bits per heavy atom. The number of rotatable bonds is 7. The van der Waals surface area contributed by atoms with Crippen molar-refractivity contribution in [2.24, 2.45) is 5.92 Å². The third kappa shape index (κ3) is 5.23. The van der Waals surface area contributed by atoms with Gasteiger partial charge in [-0.05, 0) is 34.5 Å². The van der Waals surface area contributed by atoms with Gasteiger partial charge in [0.05, 0.1) is 5.75 Å². The van der Waals surface area contributed by atoms with Crippen LogP contribution in [0.15, 0.2) is 33.6 Å². The Bertz CT molecular complexity index is 368. The average molecular weight is 317 g/mol. The smallest absolute Gasteiger partial charge is 0.145 e. The Balaban J connectivity index is 2.40. The Morgan fingerprint density at radius 1 is 1.47 bits per heavy atom. The number of benzene rings is 1. The number of hydrogen-bond donors (Lipinski definition) is 0. The minimum absolute atomic E-state index is 0.0740. The van der Waals surface area contributed by atoms with Gasteiger partial charge in [0.1, 0.15) is 5.78 Å². The summed E-state index contributed by atoms with van der Waals surface area (Å²) in [6.45, 7) is 2.61. The highest BCUT2D eigenvalue weighted by molar-refractivity contribution is 9.10. The molecule has 1 atom stereocenters. The molecule has 0 N–H and O–H groups in total. The SMILES string of the molecule is COCCC(C)C(=O)CSc1ccccc1Br. The van der Waals surface area contributed by atoms with Crippen molar-refractivity contribution in [1.29, 1.82) is 0 Å². The zero-order valence-electron chi connectivity index (χ0n) is 10.1. The maximum Gasteiger partial charge on any atom is 0.145 e. The molecule has 0 fully saturated rings. The zero-order chi connectivity index (χ0) is 12.7. The number of thioether (sulfide) groups is 1. The Kier molecular flexibility index (Phi) is 6.85. The van der Waals surface area contributed by atoms with E-state index in [4.69, 9.17) is 4.74 Å². The van der Waals surface area contributed by atoms with E-state index >= 15 is 0 Å². The van der Waals surface area contributed by atoms with Gasteiger partial charge in [0, 0.05) is 29.0 Å². The molecule has 0 aliphatic carbocycles. The van der Waals surface area contributed by atoms with E-state index in [1.165, 1.54) is 0 Å². The molecule has 94 valence electrons. The lowest BCUT2D eigenvalue weighted by atomic mass is 10.1. The number of hydrogen-bond acceptors (Lipinski definition) is 3. The highest BCUT2D eigenvalue weighted by Gasteiger charge is 2.13. The summed E-state index contributed by atoms with van der Waals surface area (Å²) in [7, 11) is 1.66. The molecule has 1 aromatic carbocycles. The van der Waals surface area contributed by atoms with E-state index in [1.807, 2.05) is 31.2 Å². The van der Waals surface area contributed by atoms with Gasteiger partial charge in [0.25, 0.3) is 0 Å². The van der Waals surface area contributed by atoms with Crippen molar-refractivity contribution in [1.82, 2.24) is 0 Å². The molecule has 1 rings (SSSR count). The lowest BCUT2D eigenvalue weighted by Crippen LogP contribution is -2.15. The molecular formula is C13H17BrO2S. The van der Waals surface area contributed by atoms with Gasteiger partial charge in [0.15, 0.2) is 0 Å². The highest BCUT2D eigenvalue weighted by Crippen LogP contribution is 2.27. The zero-order valence-corrected chi connectivity index (χ0v) is 12.5. The van der Waals surface area contributed by atoms with E-state index < -0.39 is 0 Å². The van der Waals surface area contributed by atoms with Crippen LogP contribution in [0.25, 0.3) is 0 Å². The molecule has 1 aromatic rings. The van der Waals surface area contributed by atoms with E-state index in [9.17, 15) is 4.79 Å². The molecule has 0 saturated carbocycles. The maximum atomic E-state index is 11.8. The summed E-state index contributed by atoms with van der Waals surface area (Å²) in [5, 5.41) is 0. The van der Waals surface area contributed by atoms with Crippen molar-refractivity contribution in [3.8, 4) is 0 Å². The van der Waals surface area contributed by atoms with Crippen LogP contribution >= 0.6 is 27.7 Å². The van der Waals surface area contributed by atoms with Gasteiger partial charge >= 0.3 is 0 Å². The third-order valence-corrected chi connectivity index (χ3v) is 4.56. The molecule has 0 heterocycles.